The number of pyridine rings is 1. The molecule has 1 N–H and O–H groups in total. The van der Waals surface area contributed by atoms with Gasteiger partial charge in [0, 0.05) is 11.7 Å². The molecule has 1 aromatic rings. The third-order valence-electron chi connectivity index (χ3n) is 2.70. The Morgan fingerprint density at radius 3 is 3.07 bits per heavy atom. The van der Waals surface area contributed by atoms with Crippen molar-refractivity contribution in [3.8, 4) is 5.75 Å². The first-order valence-corrected chi connectivity index (χ1v) is 5.24. The lowest BCUT2D eigenvalue weighted by Gasteiger charge is -2.07. The zero-order valence-electron chi connectivity index (χ0n) is 8.94. The molecule has 1 aromatic heterocycles. The molecule has 0 aliphatic heterocycles. The van der Waals surface area contributed by atoms with Gasteiger partial charge in [-0.05, 0) is 38.1 Å². The molecule has 3 nitrogen and oxygen atoms in total. The zero-order valence-corrected chi connectivity index (χ0v) is 8.94. The molecule has 0 aromatic carbocycles. The third kappa shape index (κ3) is 2.80. The summed E-state index contributed by atoms with van der Waals surface area (Å²) in [6, 6.07) is 3.78. The maximum Gasteiger partial charge on any atom is 0.138 e. The van der Waals surface area contributed by atoms with Crippen molar-refractivity contribution in [3.63, 3.8) is 0 Å². The summed E-state index contributed by atoms with van der Waals surface area (Å²) < 4.78 is 5.50. The first-order chi connectivity index (χ1) is 7.35. The van der Waals surface area contributed by atoms with Crippen molar-refractivity contribution in [2.45, 2.75) is 18.4 Å². The fraction of sp³-hybridized carbons (Fsp3) is 0.417. The summed E-state index contributed by atoms with van der Waals surface area (Å²) in [5, 5.41) is 3.30. The lowest BCUT2D eigenvalue weighted by Crippen LogP contribution is -2.24. The van der Waals surface area contributed by atoms with Crippen LogP contribution in [-0.4, -0.2) is 24.2 Å². The lowest BCUT2D eigenvalue weighted by atomic mass is 10.2. The quantitative estimate of drug-likeness (QED) is 0.742. The molecule has 0 amide bonds. The Labute approximate surface area is 90.2 Å². The van der Waals surface area contributed by atoms with Gasteiger partial charge in [-0.1, -0.05) is 6.08 Å². The number of hydrogen-bond donors (Lipinski definition) is 1. The Morgan fingerprint density at radius 2 is 2.47 bits per heavy atom. The van der Waals surface area contributed by atoms with E-state index in [1.54, 1.807) is 12.4 Å². The zero-order chi connectivity index (χ0) is 10.6. The number of nitrogens with one attached hydrogen (secondary N) is 1. The van der Waals surface area contributed by atoms with Crippen molar-refractivity contribution >= 4 is 0 Å². The van der Waals surface area contributed by atoms with E-state index >= 15 is 0 Å². The third-order valence-corrected chi connectivity index (χ3v) is 2.70. The maximum atomic E-state index is 5.50. The molecule has 1 fully saturated rings. The van der Waals surface area contributed by atoms with Gasteiger partial charge >= 0.3 is 0 Å². The molecule has 0 saturated heterocycles. The van der Waals surface area contributed by atoms with Crippen LogP contribution in [0.15, 0.2) is 36.7 Å². The molecule has 0 atom stereocenters. The smallest absolute Gasteiger partial charge is 0.138 e. The molecule has 80 valence electrons. The van der Waals surface area contributed by atoms with Gasteiger partial charge in [-0.15, -0.1) is 0 Å². The molecular formula is C12H16N2O. The number of likely N-dealkylation sites (N-methyl/N-ethyl adjacent to an activating group) is 1. The van der Waals surface area contributed by atoms with E-state index in [1.807, 2.05) is 19.2 Å². The Morgan fingerprint density at radius 1 is 1.60 bits per heavy atom. The Kier molecular flexibility index (Phi) is 3.02. The highest BCUT2D eigenvalue weighted by atomic mass is 16.5. The minimum Gasteiger partial charge on any atom is -0.488 e. The van der Waals surface area contributed by atoms with Crippen LogP contribution < -0.4 is 10.1 Å². The fourth-order valence-electron chi connectivity index (χ4n) is 1.49. The average molecular weight is 204 g/mol. The van der Waals surface area contributed by atoms with E-state index in [4.69, 9.17) is 4.74 Å². The topological polar surface area (TPSA) is 34.1 Å². The van der Waals surface area contributed by atoms with Gasteiger partial charge in [-0.25, -0.2) is 0 Å². The maximum absolute atomic E-state index is 5.50. The molecule has 1 heterocycles. The monoisotopic (exact) mass is 204 g/mol. The van der Waals surface area contributed by atoms with Gasteiger partial charge in [-0.2, -0.15) is 0 Å². The van der Waals surface area contributed by atoms with Crippen LogP contribution in [0.4, 0.5) is 0 Å². The van der Waals surface area contributed by atoms with Gasteiger partial charge in [0.25, 0.3) is 0 Å². The summed E-state index contributed by atoms with van der Waals surface area (Å²) in [4.78, 5) is 3.98. The van der Waals surface area contributed by atoms with Crippen LogP contribution >= 0.6 is 0 Å². The summed E-state index contributed by atoms with van der Waals surface area (Å²) in [6.07, 6.45) is 10.2. The largest absolute Gasteiger partial charge is 0.488 e. The summed E-state index contributed by atoms with van der Waals surface area (Å²) >= 11 is 0. The molecule has 1 saturated carbocycles. The van der Waals surface area contributed by atoms with Crippen LogP contribution in [-0.2, 0) is 0 Å². The van der Waals surface area contributed by atoms with E-state index in [0.29, 0.717) is 6.61 Å². The Hall–Kier alpha value is -1.35. The van der Waals surface area contributed by atoms with Gasteiger partial charge in [0.2, 0.25) is 0 Å². The second kappa shape index (κ2) is 4.45. The Bertz CT molecular complexity index is 331. The van der Waals surface area contributed by atoms with Crippen LogP contribution in [0.3, 0.4) is 0 Å². The molecule has 0 unspecified atom stereocenters. The first kappa shape index (κ1) is 10.2. The SMILES string of the molecule is CNC1(/C=C\COc2cccnc2)CC1. The minimum absolute atomic E-state index is 0.262. The van der Waals surface area contributed by atoms with Gasteiger partial charge in [-0.3, -0.25) is 4.98 Å². The standard InChI is InChI=1S/C12H16N2O/c1-13-12(6-7-12)5-3-9-15-11-4-2-8-14-10-11/h2-5,8,10,13H,6-7,9H2,1H3/b5-3-. The van der Waals surface area contributed by atoms with Crippen molar-refractivity contribution in [1.29, 1.82) is 0 Å². The van der Waals surface area contributed by atoms with Gasteiger partial charge in [0.05, 0.1) is 6.20 Å². The molecule has 3 heteroatoms. The predicted molar refractivity (Wildman–Crippen MR) is 59.9 cm³/mol. The molecule has 2 rings (SSSR count). The van der Waals surface area contributed by atoms with Crippen molar-refractivity contribution < 1.29 is 4.74 Å². The number of rotatable bonds is 5. The van der Waals surface area contributed by atoms with E-state index in [0.717, 1.165) is 5.75 Å². The van der Waals surface area contributed by atoms with E-state index in [-0.39, 0.29) is 5.54 Å². The van der Waals surface area contributed by atoms with E-state index < -0.39 is 0 Å². The fourth-order valence-corrected chi connectivity index (χ4v) is 1.49. The number of hydrogen-bond acceptors (Lipinski definition) is 3. The van der Waals surface area contributed by atoms with E-state index in [9.17, 15) is 0 Å². The summed E-state index contributed by atoms with van der Waals surface area (Å²) in [7, 11) is 2.00. The average Bonchev–Trinajstić information content (AvgIpc) is 3.07. The van der Waals surface area contributed by atoms with Crippen molar-refractivity contribution in [2.24, 2.45) is 0 Å². The molecule has 1 aliphatic carbocycles. The van der Waals surface area contributed by atoms with Crippen molar-refractivity contribution in [3.05, 3.63) is 36.7 Å². The van der Waals surface area contributed by atoms with E-state index in [2.05, 4.69) is 22.5 Å². The number of nitrogens with zero attached hydrogens (tertiary/aromatic N) is 1. The first-order valence-electron chi connectivity index (χ1n) is 5.24. The summed E-state index contributed by atoms with van der Waals surface area (Å²) in [5.41, 5.74) is 0.262. The Balaban J connectivity index is 1.76. The second-order valence-electron chi connectivity index (χ2n) is 3.81. The summed E-state index contributed by atoms with van der Waals surface area (Å²) in [6.45, 7) is 0.606. The van der Waals surface area contributed by atoms with Crippen LogP contribution in [0.5, 0.6) is 5.75 Å². The highest BCUT2D eigenvalue weighted by molar-refractivity contribution is 5.18. The summed E-state index contributed by atoms with van der Waals surface area (Å²) in [5.74, 6) is 0.816. The van der Waals surface area contributed by atoms with Crippen molar-refractivity contribution in [1.82, 2.24) is 10.3 Å². The molecule has 0 bridgehead atoms. The highest BCUT2D eigenvalue weighted by Gasteiger charge is 2.37. The molecule has 0 spiro atoms. The minimum atomic E-state index is 0.262. The lowest BCUT2D eigenvalue weighted by molar-refractivity contribution is 0.360. The highest BCUT2D eigenvalue weighted by Crippen LogP contribution is 2.35. The van der Waals surface area contributed by atoms with E-state index in [1.165, 1.54) is 12.8 Å². The number of aromatic nitrogens is 1. The van der Waals surface area contributed by atoms with Crippen LogP contribution in [0.1, 0.15) is 12.8 Å². The molecule has 1 aliphatic rings. The predicted octanol–water partition coefficient (Wildman–Crippen LogP) is 1.77. The molecule has 15 heavy (non-hydrogen) atoms. The number of ether oxygens (including phenoxy) is 1. The van der Waals surface area contributed by atoms with Crippen LogP contribution in [0.2, 0.25) is 0 Å². The molecular weight excluding hydrogens is 188 g/mol. The van der Waals surface area contributed by atoms with Crippen LogP contribution in [0.25, 0.3) is 0 Å². The van der Waals surface area contributed by atoms with Crippen LogP contribution in [0, 0.1) is 0 Å². The van der Waals surface area contributed by atoms with Gasteiger partial charge in [0.1, 0.15) is 12.4 Å². The van der Waals surface area contributed by atoms with Gasteiger partial charge < -0.3 is 10.1 Å². The second-order valence-corrected chi connectivity index (χ2v) is 3.81. The van der Waals surface area contributed by atoms with Crippen molar-refractivity contribution in [2.75, 3.05) is 13.7 Å². The normalized spacial score (nSPS) is 17.9. The van der Waals surface area contributed by atoms with Gasteiger partial charge in [0.15, 0.2) is 0 Å². The molecule has 0 radical (unpaired) electrons.